The number of aromatic nitrogens is 3. The van der Waals surface area contributed by atoms with Crippen LogP contribution in [0.5, 0.6) is 0 Å². The molecule has 0 aliphatic rings. The minimum atomic E-state index is 0.679. The molecule has 4 heteroatoms. The smallest absolute Gasteiger partial charge is 0.161 e. The molecule has 2 rings (SSSR count). The van der Waals surface area contributed by atoms with Gasteiger partial charge < -0.3 is 5.73 Å². The summed E-state index contributed by atoms with van der Waals surface area (Å²) in [6.07, 6.45) is 8.69. The fourth-order valence-corrected chi connectivity index (χ4v) is 1.66. The molecule has 16 heavy (non-hydrogen) atoms. The third-order valence-electron chi connectivity index (χ3n) is 2.52. The van der Waals surface area contributed by atoms with E-state index in [-0.39, 0.29) is 0 Å². The summed E-state index contributed by atoms with van der Waals surface area (Å²) in [7, 11) is 0. The molecule has 0 amide bonds. The summed E-state index contributed by atoms with van der Waals surface area (Å²) in [6, 6.07) is 3.69. The minimum Gasteiger partial charge on any atom is -0.396 e. The topological polar surface area (TPSA) is 56.7 Å². The molecule has 0 radical (unpaired) electrons. The van der Waals surface area contributed by atoms with Crippen LogP contribution in [0.1, 0.15) is 25.6 Å². The van der Waals surface area contributed by atoms with Crippen LogP contribution in [-0.2, 0) is 6.42 Å². The first kappa shape index (κ1) is 10.7. The highest BCUT2D eigenvalue weighted by Gasteiger charge is 2.07. The second-order valence-electron chi connectivity index (χ2n) is 3.73. The highest BCUT2D eigenvalue weighted by atomic mass is 15.1. The minimum absolute atomic E-state index is 0.679. The molecule has 0 aliphatic carbocycles. The van der Waals surface area contributed by atoms with E-state index in [0.29, 0.717) is 5.69 Å². The van der Waals surface area contributed by atoms with Gasteiger partial charge in [-0.1, -0.05) is 13.3 Å². The maximum absolute atomic E-state index is 5.90. The standard InChI is InChI=1S/C12H16N4/c1-2-3-6-11-14-8-9-16(11)12-10(13)5-4-7-15-12/h4-5,7-9H,2-3,6,13H2,1H3. The fraction of sp³-hybridized carbons (Fsp3) is 0.333. The van der Waals surface area contributed by atoms with E-state index in [1.54, 1.807) is 12.4 Å². The van der Waals surface area contributed by atoms with E-state index in [1.807, 2.05) is 22.9 Å². The number of hydrogen-bond donors (Lipinski definition) is 1. The molecule has 0 saturated heterocycles. The number of anilines is 1. The van der Waals surface area contributed by atoms with E-state index >= 15 is 0 Å². The van der Waals surface area contributed by atoms with E-state index in [1.165, 1.54) is 0 Å². The zero-order valence-electron chi connectivity index (χ0n) is 9.43. The summed E-state index contributed by atoms with van der Waals surface area (Å²) in [6.45, 7) is 2.17. The Balaban J connectivity index is 2.33. The molecule has 0 atom stereocenters. The Bertz CT molecular complexity index is 462. The molecule has 0 aromatic carbocycles. The van der Waals surface area contributed by atoms with Gasteiger partial charge in [-0.3, -0.25) is 4.57 Å². The fourth-order valence-electron chi connectivity index (χ4n) is 1.66. The lowest BCUT2D eigenvalue weighted by Crippen LogP contribution is -2.05. The van der Waals surface area contributed by atoms with Crippen LogP contribution in [-0.4, -0.2) is 14.5 Å². The Hall–Kier alpha value is -1.84. The average Bonchev–Trinajstić information content (AvgIpc) is 2.75. The third kappa shape index (κ3) is 2.05. The Labute approximate surface area is 95.1 Å². The van der Waals surface area contributed by atoms with E-state index < -0.39 is 0 Å². The van der Waals surface area contributed by atoms with Crippen molar-refractivity contribution < 1.29 is 0 Å². The van der Waals surface area contributed by atoms with Gasteiger partial charge in [0.1, 0.15) is 5.82 Å². The van der Waals surface area contributed by atoms with Crippen LogP contribution in [0.2, 0.25) is 0 Å². The Morgan fingerprint density at radius 1 is 1.31 bits per heavy atom. The van der Waals surface area contributed by atoms with E-state index in [0.717, 1.165) is 30.9 Å². The highest BCUT2D eigenvalue weighted by Crippen LogP contribution is 2.16. The number of rotatable bonds is 4. The quantitative estimate of drug-likeness (QED) is 0.852. The lowest BCUT2D eigenvalue weighted by atomic mass is 10.2. The van der Waals surface area contributed by atoms with Crippen molar-refractivity contribution in [2.45, 2.75) is 26.2 Å². The molecule has 0 saturated carbocycles. The van der Waals surface area contributed by atoms with Crippen LogP contribution in [0.15, 0.2) is 30.7 Å². The second-order valence-corrected chi connectivity index (χ2v) is 3.73. The van der Waals surface area contributed by atoms with Crippen molar-refractivity contribution in [1.82, 2.24) is 14.5 Å². The summed E-state index contributed by atoms with van der Waals surface area (Å²) >= 11 is 0. The van der Waals surface area contributed by atoms with Crippen LogP contribution in [0, 0.1) is 0 Å². The molecule has 2 heterocycles. The Morgan fingerprint density at radius 2 is 2.19 bits per heavy atom. The maximum Gasteiger partial charge on any atom is 0.161 e. The van der Waals surface area contributed by atoms with Gasteiger partial charge in [-0.2, -0.15) is 0 Å². The number of nitrogens with two attached hydrogens (primary N) is 1. The number of nitrogen functional groups attached to an aromatic ring is 1. The average molecular weight is 216 g/mol. The number of hydrogen-bond acceptors (Lipinski definition) is 3. The monoisotopic (exact) mass is 216 g/mol. The highest BCUT2D eigenvalue weighted by molar-refractivity contribution is 5.52. The number of unbranched alkanes of at least 4 members (excludes halogenated alkanes) is 1. The van der Waals surface area contributed by atoms with Gasteiger partial charge in [-0.05, 0) is 18.6 Å². The molecular weight excluding hydrogens is 200 g/mol. The van der Waals surface area contributed by atoms with Gasteiger partial charge in [0.25, 0.3) is 0 Å². The molecule has 0 unspecified atom stereocenters. The van der Waals surface area contributed by atoms with Crippen molar-refractivity contribution in [2.24, 2.45) is 0 Å². The number of nitrogens with zero attached hydrogens (tertiary/aromatic N) is 3. The van der Waals surface area contributed by atoms with Crippen LogP contribution in [0.3, 0.4) is 0 Å². The van der Waals surface area contributed by atoms with Crippen LogP contribution >= 0.6 is 0 Å². The van der Waals surface area contributed by atoms with Crippen LogP contribution < -0.4 is 5.73 Å². The molecule has 0 spiro atoms. The number of pyridine rings is 1. The predicted molar refractivity (Wildman–Crippen MR) is 64.4 cm³/mol. The lowest BCUT2D eigenvalue weighted by molar-refractivity contribution is 0.735. The summed E-state index contributed by atoms with van der Waals surface area (Å²) in [5.41, 5.74) is 6.58. The second kappa shape index (κ2) is 4.79. The third-order valence-corrected chi connectivity index (χ3v) is 2.52. The van der Waals surface area contributed by atoms with Gasteiger partial charge in [-0.15, -0.1) is 0 Å². The van der Waals surface area contributed by atoms with E-state index in [2.05, 4.69) is 16.9 Å². The molecular formula is C12H16N4. The van der Waals surface area contributed by atoms with Gasteiger partial charge >= 0.3 is 0 Å². The van der Waals surface area contributed by atoms with Crippen molar-refractivity contribution in [2.75, 3.05) is 5.73 Å². The molecule has 0 aliphatic heterocycles. The van der Waals surface area contributed by atoms with Crippen molar-refractivity contribution in [3.8, 4) is 5.82 Å². The molecule has 0 bridgehead atoms. The first-order chi connectivity index (χ1) is 7.83. The van der Waals surface area contributed by atoms with Crippen LogP contribution in [0.4, 0.5) is 5.69 Å². The van der Waals surface area contributed by atoms with Gasteiger partial charge in [0.15, 0.2) is 5.82 Å². The molecule has 2 aromatic heterocycles. The van der Waals surface area contributed by atoms with Crippen LogP contribution in [0.25, 0.3) is 5.82 Å². The van der Waals surface area contributed by atoms with E-state index in [4.69, 9.17) is 5.73 Å². The Morgan fingerprint density at radius 3 is 2.94 bits per heavy atom. The molecule has 4 nitrogen and oxygen atoms in total. The van der Waals surface area contributed by atoms with Gasteiger partial charge in [0, 0.05) is 25.0 Å². The summed E-state index contributed by atoms with van der Waals surface area (Å²) in [5, 5.41) is 0. The molecule has 84 valence electrons. The first-order valence-corrected chi connectivity index (χ1v) is 5.56. The SMILES string of the molecule is CCCCc1nccn1-c1ncccc1N. The van der Waals surface area contributed by atoms with Crippen molar-refractivity contribution >= 4 is 5.69 Å². The predicted octanol–water partition coefficient (Wildman–Crippen LogP) is 2.19. The van der Waals surface area contributed by atoms with Gasteiger partial charge in [0.2, 0.25) is 0 Å². The van der Waals surface area contributed by atoms with Crippen molar-refractivity contribution in [1.29, 1.82) is 0 Å². The van der Waals surface area contributed by atoms with Crippen molar-refractivity contribution in [3.63, 3.8) is 0 Å². The zero-order chi connectivity index (χ0) is 11.4. The summed E-state index contributed by atoms with van der Waals surface area (Å²) < 4.78 is 1.96. The zero-order valence-corrected chi connectivity index (χ0v) is 9.43. The van der Waals surface area contributed by atoms with Gasteiger partial charge in [0.05, 0.1) is 5.69 Å². The van der Waals surface area contributed by atoms with Gasteiger partial charge in [-0.25, -0.2) is 9.97 Å². The largest absolute Gasteiger partial charge is 0.396 e. The lowest BCUT2D eigenvalue weighted by Gasteiger charge is -2.08. The summed E-state index contributed by atoms with van der Waals surface area (Å²) in [4.78, 5) is 8.63. The van der Waals surface area contributed by atoms with E-state index in [9.17, 15) is 0 Å². The molecule has 0 fully saturated rings. The molecule has 2 aromatic rings. The van der Waals surface area contributed by atoms with Crippen molar-refractivity contribution in [3.05, 3.63) is 36.5 Å². The first-order valence-electron chi connectivity index (χ1n) is 5.56. The number of aryl methyl sites for hydroxylation is 1. The number of imidazole rings is 1. The normalized spacial score (nSPS) is 10.6. The maximum atomic E-state index is 5.90. The summed E-state index contributed by atoms with van der Waals surface area (Å²) in [5.74, 6) is 1.79. The Kier molecular flexibility index (Phi) is 3.19. The molecule has 2 N–H and O–H groups in total.